The maximum atomic E-state index is 12.0. The molecule has 1 fully saturated rings. The highest BCUT2D eigenvalue weighted by Crippen LogP contribution is 2.30. The molecule has 0 saturated carbocycles. The van der Waals surface area contributed by atoms with Gasteiger partial charge in [0.25, 0.3) is 5.79 Å². The largest absolute Gasteiger partial charge is 0.455 e. The topological polar surface area (TPSA) is 73.9 Å². The number of halogens is 1. The summed E-state index contributed by atoms with van der Waals surface area (Å²) >= 11 is 5.87. The number of esters is 2. The van der Waals surface area contributed by atoms with Crippen LogP contribution in [0.15, 0.2) is 60.3 Å². The van der Waals surface area contributed by atoms with Crippen molar-refractivity contribution in [1.29, 1.82) is 0 Å². The van der Waals surface area contributed by atoms with E-state index < -0.39 is 17.7 Å². The van der Waals surface area contributed by atoms with E-state index >= 15 is 0 Å². The molecule has 134 valence electrons. The van der Waals surface area contributed by atoms with Gasteiger partial charge in [-0.15, -0.1) is 0 Å². The lowest BCUT2D eigenvalue weighted by molar-refractivity contribution is -0.222. The van der Waals surface area contributed by atoms with Gasteiger partial charge in [0.05, 0.1) is 5.69 Å². The highest BCUT2D eigenvalue weighted by molar-refractivity contribution is 6.30. The maximum Gasteiger partial charge on any atom is 0.350 e. The van der Waals surface area contributed by atoms with E-state index in [4.69, 9.17) is 25.8 Å². The number of ether oxygens (including phenoxy) is 3. The molecule has 1 heterocycles. The number of hydrogen-bond acceptors (Lipinski definition) is 6. The van der Waals surface area contributed by atoms with Gasteiger partial charge in [0.2, 0.25) is 0 Å². The zero-order valence-corrected chi connectivity index (χ0v) is 14.9. The zero-order valence-electron chi connectivity index (χ0n) is 14.1. The Morgan fingerprint density at radius 3 is 2.27 bits per heavy atom. The molecule has 0 aromatic heterocycles. The molecule has 26 heavy (non-hydrogen) atoms. The number of carbonyl (C=O) groups is 2. The Kier molecular flexibility index (Phi) is 4.86. The van der Waals surface area contributed by atoms with Crippen molar-refractivity contribution in [3.63, 3.8) is 0 Å². The van der Waals surface area contributed by atoms with Gasteiger partial charge < -0.3 is 19.5 Å². The molecule has 0 atom stereocenters. The van der Waals surface area contributed by atoms with Crippen LogP contribution in [0.25, 0.3) is 0 Å². The molecule has 1 aliphatic heterocycles. The van der Waals surface area contributed by atoms with E-state index in [0.717, 1.165) is 0 Å². The molecule has 2 aromatic carbocycles. The Morgan fingerprint density at radius 2 is 1.62 bits per heavy atom. The average Bonchev–Trinajstić information content (AvgIpc) is 2.56. The summed E-state index contributed by atoms with van der Waals surface area (Å²) in [5.41, 5.74) is 0.325. The Hall–Kier alpha value is -2.99. The van der Waals surface area contributed by atoms with Crippen molar-refractivity contribution in [1.82, 2.24) is 0 Å². The van der Waals surface area contributed by atoms with Crippen LogP contribution >= 0.6 is 11.6 Å². The fraction of sp³-hybridized carbons (Fsp3) is 0.158. The second-order valence-corrected chi connectivity index (χ2v) is 6.37. The highest BCUT2D eigenvalue weighted by atomic mass is 35.5. The second kappa shape index (κ2) is 7.09. The first kappa shape index (κ1) is 17.8. The molecule has 1 N–H and O–H groups in total. The van der Waals surface area contributed by atoms with E-state index in [-0.39, 0.29) is 5.57 Å². The molecule has 0 amide bonds. The van der Waals surface area contributed by atoms with E-state index in [2.05, 4.69) is 5.32 Å². The second-order valence-electron chi connectivity index (χ2n) is 5.93. The summed E-state index contributed by atoms with van der Waals surface area (Å²) in [5, 5.41) is 3.49. The van der Waals surface area contributed by atoms with Gasteiger partial charge in [-0.3, -0.25) is 0 Å². The molecule has 0 radical (unpaired) electrons. The number of anilines is 1. The fourth-order valence-electron chi connectivity index (χ4n) is 2.23. The van der Waals surface area contributed by atoms with Crippen LogP contribution < -0.4 is 10.1 Å². The van der Waals surface area contributed by atoms with Crippen molar-refractivity contribution in [2.75, 3.05) is 5.32 Å². The number of nitrogens with one attached hydrogen (secondary N) is 1. The average molecular weight is 374 g/mol. The Balaban J connectivity index is 1.79. The van der Waals surface area contributed by atoms with Crippen LogP contribution in [0.2, 0.25) is 5.02 Å². The minimum Gasteiger partial charge on any atom is -0.455 e. The summed E-state index contributed by atoms with van der Waals surface area (Å²) < 4.78 is 15.9. The van der Waals surface area contributed by atoms with Gasteiger partial charge in [0, 0.05) is 25.1 Å². The molecule has 3 rings (SSSR count). The summed E-state index contributed by atoms with van der Waals surface area (Å²) in [4.78, 5) is 23.9. The van der Waals surface area contributed by atoms with Crippen LogP contribution in [0.4, 0.5) is 5.69 Å². The SMILES string of the molecule is CC1(C)OC(=O)C(=CNc2ccccc2Oc2ccc(Cl)cc2)C(=O)O1. The molecule has 7 heteroatoms. The van der Waals surface area contributed by atoms with Gasteiger partial charge in [-0.1, -0.05) is 23.7 Å². The normalized spacial score (nSPS) is 15.7. The Labute approximate surface area is 155 Å². The lowest BCUT2D eigenvalue weighted by Gasteiger charge is -2.29. The van der Waals surface area contributed by atoms with Crippen molar-refractivity contribution in [3.8, 4) is 11.5 Å². The van der Waals surface area contributed by atoms with Crippen LogP contribution in [-0.2, 0) is 19.1 Å². The third-order valence-corrected chi connectivity index (χ3v) is 3.67. The third kappa shape index (κ3) is 4.15. The van der Waals surface area contributed by atoms with Crippen LogP contribution in [0.5, 0.6) is 11.5 Å². The number of para-hydroxylation sites is 2. The van der Waals surface area contributed by atoms with Crippen LogP contribution in [0.3, 0.4) is 0 Å². The van der Waals surface area contributed by atoms with Crippen molar-refractivity contribution in [3.05, 3.63) is 65.3 Å². The lowest BCUT2D eigenvalue weighted by atomic mass is 10.2. The van der Waals surface area contributed by atoms with E-state index in [1.807, 2.05) is 0 Å². The van der Waals surface area contributed by atoms with Gasteiger partial charge in [0.15, 0.2) is 11.3 Å². The van der Waals surface area contributed by atoms with Crippen molar-refractivity contribution in [2.24, 2.45) is 0 Å². The molecule has 1 aliphatic rings. The number of benzene rings is 2. The van der Waals surface area contributed by atoms with E-state index in [1.165, 1.54) is 20.0 Å². The van der Waals surface area contributed by atoms with E-state index in [0.29, 0.717) is 22.2 Å². The first-order valence-electron chi connectivity index (χ1n) is 7.80. The number of rotatable bonds is 4. The molecule has 0 unspecified atom stereocenters. The zero-order chi connectivity index (χ0) is 18.7. The fourth-order valence-corrected chi connectivity index (χ4v) is 2.36. The minimum atomic E-state index is -1.28. The van der Waals surface area contributed by atoms with Gasteiger partial charge in [-0.25, -0.2) is 9.59 Å². The van der Waals surface area contributed by atoms with Crippen molar-refractivity contribution in [2.45, 2.75) is 19.6 Å². The highest BCUT2D eigenvalue weighted by Gasteiger charge is 2.38. The quantitative estimate of drug-likeness (QED) is 0.490. The van der Waals surface area contributed by atoms with Gasteiger partial charge in [-0.05, 0) is 36.4 Å². The standard InChI is InChI=1S/C19H16ClNO5/c1-19(2)25-17(22)14(18(23)26-19)11-21-15-5-3-4-6-16(15)24-13-9-7-12(20)8-10-13/h3-11,21H,1-2H3. The predicted octanol–water partition coefficient (Wildman–Crippen LogP) is 4.26. The Bertz CT molecular complexity index is 852. The monoisotopic (exact) mass is 373 g/mol. The van der Waals surface area contributed by atoms with Gasteiger partial charge in [0.1, 0.15) is 5.75 Å². The number of cyclic esters (lactones) is 2. The predicted molar refractivity (Wildman–Crippen MR) is 95.9 cm³/mol. The molecule has 0 spiro atoms. The van der Waals surface area contributed by atoms with E-state index in [1.54, 1.807) is 48.5 Å². The summed E-state index contributed by atoms with van der Waals surface area (Å²) in [7, 11) is 0. The summed E-state index contributed by atoms with van der Waals surface area (Å²) in [5.74, 6) is -1.69. The van der Waals surface area contributed by atoms with E-state index in [9.17, 15) is 9.59 Å². The molecule has 0 bridgehead atoms. The minimum absolute atomic E-state index is 0.231. The molecular formula is C19H16ClNO5. The first-order valence-corrected chi connectivity index (χ1v) is 8.18. The molecule has 6 nitrogen and oxygen atoms in total. The molecule has 1 saturated heterocycles. The summed E-state index contributed by atoms with van der Waals surface area (Å²) in [6, 6.07) is 14.0. The smallest absolute Gasteiger partial charge is 0.350 e. The number of carbonyl (C=O) groups excluding carboxylic acids is 2. The van der Waals surface area contributed by atoms with Gasteiger partial charge >= 0.3 is 11.9 Å². The van der Waals surface area contributed by atoms with Crippen LogP contribution in [0.1, 0.15) is 13.8 Å². The number of hydrogen-bond donors (Lipinski definition) is 1. The summed E-state index contributed by atoms with van der Waals surface area (Å²) in [6.45, 7) is 2.98. The van der Waals surface area contributed by atoms with Crippen molar-refractivity contribution >= 4 is 29.2 Å². The third-order valence-electron chi connectivity index (χ3n) is 3.42. The molecule has 0 aliphatic carbocycles. The maximum absolute atomic E-state index is 12.0. The van der Waals surface area contributed by atoms with Crippen molar-refractivity contribution < 1.29 is 23.8 Å². The van der Waals surface area contributed by atoms with Crippen LogP contribution in [-0.4, -0.2) is 17.7 Å². The Morgan fingerprint density at radius 1 is 1.00 bits per heavy atom. The first-order chi connectivity index (χ1) is 12.3. The molecular weight excluding hydrogens is 358 g/mol. The summed E-state index contributed by atoms with van der Waals surface area (Å²) in [6.07, 6.45) is 1.24. The van der Waals surface area contributed by atoms with Crippen LogP contribution in [0, 0.1) is 0 Å². The molecule has 2 aromatic rings. The van der Waals surface area contributed by atoms with Gasteiger partial charge in [-0.2, -0.15) is 0 Å². The lowest BCUT2D eigenvalue weighted by Crippen LogP contribution is -2.42.